The maximum atomic E-state index is 10.9. The Hall–Kier alpha value is -2.15. The lowest BCUT2D eigenvalue weighted by molar-refractivity contribution is -0.384. The van der Waals surface area contributed by atoms with Crippen molar-refractivity contribution in [2.24, 2.45) is 5.92 Å². The summed E-state index contributed by atoms with van der Waals surface area (Å²) in [6.45, 7) is 2.12. The number of carbonyl (C=O) groups is 1. The summed E-state index contributed by atoms with van der Waals surface area (Å²) < 4.78 is 0. The molecule has 2 N–H and O–H groups in total. The van der Waals surface area contributed by atoms with Crippen LogP contribution < -0.4 is 5.32 Å². The molecule has 0 radical (unpaired) electrons. The summed E-state index contributed by atoms with van der Waals surface area (Å²) in [6, 6.07) is 5.51. The van der Waals surface area contributed by atoms with Crippen LogP contribution in [-0.4, -0.2) is 46.7 Å². The smallest absolute Gasteiger partial charge is 0.407 e. The fourth-order valence-corrected chi connectivity index (χ4v) is 3.69. The highest BCUT2D eigenvalue weighted by atomic mass is 16.6. The van der Waals surface area contributed by atoms with Crippen LogP contribution in [0, 0.1) is 16.0 Å². The molecule has 1 aliphatic carbocycles. The molecule has 1 fully saturated rings. The standard InChI is InChI=1S/C17H23N3O4/c21-17(22)19-7-5-12(6-8-19)11-18-15-3-1-13-2-4-16(20(23)24)10-14(13)9-15/h2,4,10,12,15,18H,1,3,5-9,11H2,(H,21,22). The highest BCUT2D eigenvalue weighted by Crippen LogP contribution is 2.26. The van der Waals surface area contributed by atoms with Gasteiger partial charge in [0.1, 0.15) is 0 Å². The quantitative estimate of drug-likeness (QED) is 0.652. The van der Waals surface area contributed by atoms with Crippen molar-refractivity contribution in [1.29, 1.82) is 0 Å². The van der Waals surface area contributed by atoms with Crippen molar-refractivity contribution >= 4 is 11.8 Å². The number of nitrogens with zero attached hydrogens (tertiary/aromatic N) is 2. The molecule has 7 heteroatoms. The van der Waals surface area contributed by atoms with Crippen LogP contribution in [0.25, 0.3) is 0 Å². The monoisotopic (exact) mass is 333 g/mol. The van der Waals surface area contributed by atoms with Gasteiger partial charge in [0.15, 0.2) is 0 Å². The van der Waals surface area contributed by atoms with Gasteiger partial charge in [-0.2, -0.15) is 0 Å². The summed E-state index contributed by atoms with van der Waals surface area (Å²) in [7, 11) is 0. The number of rotatable bonds is 4. The molecule has 1 atom stereocenters. The van der Waals surface area contributed by atoms with Crippen molar-refractivity contribution in [3.05, 3.63) is 39.4 Å². The molecule has 0 spiro atoms. The molecule has 0 saturated carbocycles. The number of nitro benzene ring substituents is 1. The van der Waals surface area contributed by atoms with Crippen molar-refractivity contribution in [2.75, 3.05) is 19.6 Å². The number of amides is 1. The minimum atomic E-state index is -0.827. The lowest BCUT2D eigenvalue weighted by atomic mass is 9.87. The lowest BCUT2D eigenvalue weighted by Crippen LogP contribution is -2.43. The number of carboxylic acid groups (broad SMARTS) is 1. The average Bonchev–Trinajstić information content (AvgIpc) is 2.59. The predicted molar refractivity (Wildman–Crippen MR) is 89.2 cm³/mol. The maximum Gasteiger partial charge on any atom is 0.407 e. The molecule has 1 amide bonds. The van der Waals surface area contributed by atoms with Gasteiger partial charge in [0, 0.05) is 31.3 Å². The summed E-state index contributed by atoms with van der Waals surface area (Å²) in [5, 5.41) is 23.5. The molecule has 1 unspecified atom stereocenters. The second-order valence-corrected chi connectivity index (χ2v) is 6.77. The Morgan fingerprint density at radius 1 is 1.29 bits per heavy atom. The number of benzene rings is 1. The van der Waals surface area contributed by atoms with Crippen LogP contribution in [0.4, 0.5) is 10.5 Å². The van der Waals surface area contributed by atoms with Crippen molar-refractivity contribution in [1.82, 2.24) is 10.2 Å². The molecule has 1 saturated heterocycles. The van der Waals surface area contributed by atoms with Gasteiger partial charge in [0.2, 0.25) is 0 Å². The van der Waals surface area contributed by atoms with Crippen molar-refractivity contribution < 1.29 is 14.8 Å². The van der Waals surface area contributed by atoms with E-state index in [1.165, 1.54) is 10.5 Å². The number of hydrogen-bond acceptors (Lipinski definition) is 4. The summed E-state index contributed by atoms with van der Waals surface area (Å²) in [6.07, 6.45) is 3.78. The molecule has 1 aromatic carbocycles. The average molecular weight is 333 g/mol. The van der Waals surface area contributed by atoms with Crippen LogP contribution in [-0.2, 0) is 12.8 Å². The van der Waals surface area contributed by atoms with Gasteiger partial charge in [-0.15, -0.1) is 0 Å². The minimum absolute atomic E-state index is 0.162. The van der Waals surface area contributed by atoms with Crippen LogP contribution in [0.2, 0.25) is 0 Å². The molecular weight excluding hydrogens is 310 g/mol. The molecular formula is C17H23N3O4. The fourth-order valence-electron chi connectivity index (χ4n) is 3.69. The highest BCUT2D eigenvalue weighted by Gasteiger charge is 2.24. The van der Waals surface area contributed by atoms with E-state index in [0.717, 1.165) is 44.2 Å². The van der Waals surface area contributed by atoms with E-state index >= 15 is 0 Å². The zero-order valence-electron chi connectivity index (χ0n) is 13.6. The molecule has 1 heterocycles. The van der Waals surface area contributed by atoms with Gasteiger partial charge < -0.3 is 15.3 Å². The Morgan fingerprint density at radius 2 is 2.04 bits per heavy atom. The predicted octanol–water partition coefficient (Wildman–Crippen LogP) is 2.43. The zero-order valence-corrected chi connectivity index (χ0v) is 13.6. The summed E-state index contributed by atoms with van der Waals surface area (Å²) >= 11 is 0. The van der Waals surface area contributed by atoms with E-state index in [1.807, 2.05) is 6.07 Å². The summed E-state index contributed by atoms with van der Waals surface area (Å²) in [5.41, 5.74) is 2.46. The van der Waals surface area contributed by atoms with Gasteiger partial charge >= 0.3 is 6.09 Å². The Balaban J connectivity index is 1.50. The topological polar surface area (TPSA) is 95.7 Å². The van der Waals surface area contributed by atoms with Crippen molar-refractivity contribution in [3.63, 3.8) is 0 Å². The van der Waals surface area contributed by atoms with Gasteiger partial charge in [0.25, 0.3) is 5.69 Å². The number of aryl methyl sites for hydroxylation is 1. The lowest BCUT2D eigenvalue weighted by Gasteiger charge is -2.32. The van der Waals surface area contributed by atoms with Gasteiger partial charge in [-0.3, -0.25) is 10.1 Å². The molecule has 7 nitrogen and oxygen atoms in total. The van der Waals surface area contributed by atoms with E-state index in [2.05, 4.69) is 5.32 Å². The number of likely N-dealkylation sites (tertiary alicyclic amines) is 1. The van der Waals surface area contributed by atoms with E-state index in [0.29, 0.717) is 25.0 Å². The van der Waals surface area contributed by atoms with E-state index < -0.39 is 6.09 Å². The number of nitro groups is 1. The minimum Gasteiger partial charge on any atom is -0.465 e. The van der Waals surface area contributed by atoms with Gasteiger partial charge in [-0.1, -0.05) is 6.07 Å². The molecule has 130 valence electrons. The number of fused-ring (bicyclic) bond motifs is 1. The third-order valence-corrected chi connectivity index (χ3v) is 5.21. The number of non-ortho nitro benzene ring substituents is 1. The largest absolute Gasteiger partial charge is 0.465 e. The van der Waals surface area contributed by atoms with E-state index in [-0.39, 0.29) is 10.6 Å². The summed E-state index contributed by atoms with van der Waals surface area (Å²) in [4.78, 5) is 23.0. The molecule has 0 bridgehead atoms. The Morgan fingerprint density at radius 3 is 2.71 bits per heavy atom. The van der Waals surface area contributed by atoms with Gasteiger partial charge in [0.05, 0.1) is 4.92 Å². The first-order valence-corrected chi connectivity index (χ1v) is 8.50. The van der Waals surface area contributed by atoms with Crippen LogP contribution in [0.1, 0.15) is 30.4 Å². The van der Waals surface area contributed by atoms with E-state index in [1.54, 1.807) is 12.1 Å². The number of piperidine rings is 1. The van der Waals surface area contributed by atoms with Crippen LogP contribution in [0.3, 0.4) is 0 Å². The normalized spacial score (nSPS) is 21.3. The Kier molecular flexibility index (Phi) is 4.99. The molecule has 2 aliphatic rings. The first-order valence-electron chi connectivity index (χ1n) is 8.50. The summed E-state index contributed by atoms with van der Waals surface area (Å²) in [5.74, 6) is 0.507. The van der Waals surface area contributed by atoms with Crippen LogP contribution in [0.5, 0.6) is 0 Å². The fraction of sp³-hybridized carbons (Fsp3) is 0.588. The second kappa shape index (κ2) is 7.17. The third kappa shape index (κ3) is 3.84. The third-order valence-electron chi connectivity index (χ3n) is 5.21. The van der Waals surface area contributed by atoms with Crippen LogP contribution >= 0.6 is 0 Å². The van der Waals surface area contributed by atoms with Gasteiger partial charge in [-0.25, -0.2) is 4.79 Å². The zero-order chi connectivity index (χ0) is 17.1. The van der Waals surface area contributed by atoms with Crippen molar-refractivity contribution in [3.8, 4) is 0 Å². The first-order chi connectivity index (χ1) is 11.5. The molecule has 24 heavy (non-hydrogen) atoms. The van der Waals surface area contributed by atoms with Crippen LogP contribution in [0.15, 0.2) is 18.2 Å². The number of hydrogen-bond donors (Lipinski definition) is 2. The molecule has 1 aromatic rings. The van der Waals surface area contributed by atoms with E-state index in [4.69, 9.17) is 5.11 Å². The highest BCUT2D eigenvalue weighted by molar-refractivity contribution is 5.64. The second-order valence-electron chi connectivity index (χ2n) is 6.77. The Bertz CT molecular complexity index is 626. The molecule has 1 aliphatic heterocycles. The Labute approximate surface area is 140 Å². The molecule has 3 rings (SSSR count). The maximum absolute atomic E-state index is 10.9. The first kappa shape index (κ1) is 16.7. The SMILES string of the molecule is O=C(O)N1CCC(CNC2CCc3ccc([N+](=O)[O-])cc3C2)CC1. The van der Waals surface area contributed by atoms with Crippen molar-refractivity contribution in [2.45, 2.75) is 38.1 Å². The molecule has 0 aromatic heterocycles. The van der Waals surface area contributed by atoms with Gasteiger partial charge in [-0.05, 0) is 55.7 Å². The number of nitrogens with one attached hydrogen (secondary N) is 1. The van der Waals surface area contributed by atoms with E-state index in [9.17, 15) is 14.9 Å².